The lowest BCUT2D eigenvalue weighted by Crippen LogP contribution is -2.35. The van der Waals surface area contributed by atoms with Gasteiger partial charge in [-0.2, -0.15) is 26.3 Å². The summed E-state index contributed by atoms with van der Waals surface area (Å²) in [4.78, 5) is 11.2. The van der Waals surface area contributed by atoms with Crippen LogP contribution in [0.2, 0.25) is 0 Å². The summed E-state index contributed by atoms with van der Waals surface area (Å²) in [6.45, 7) is 0. The molecule has 4 rings (SSSR count). The molecule has 148 valence electrons. The molecule has 3 aromatic rings. The number of rotatable bonds is 3. The molecule has 3 aromatic heterocycles. The molecule has 0 spiro atoms. The zero-order valence-electron chi connectivity index (χ0n) is 13.7. The van der Waals surface area contributed by atoms with Crippen molar-refractivity contribution in [3.8, 4) is 11.8 Å². The SMILES string of the molecule is Nc1ncnc2c1c(Oc1cc(C(F)(F)F)ccn1)nn2C1(C(F)(F)F)CC1. The van der Waals surface area contributed by atoms with E-state index in [0.717, 1.165) is 18.6 Å². The Bertz CT molecular complexity index is 1060. The highest BCUT2D eigenvalue weighted by atomic mass is 19.4. The Morgan fingerprint density at radius 3 is 2.39 bits per heavy atom. The van der Waals surface area contributed by atoms with Crippen molar-refractivity contribution in [1.29, 1.82) is 0 Å². The average molecular weight is 404 g/mol. The standard InChI is InChI=1S/C15H10F6N6O/c16-14(17,18)7-1-4-23-8(5-7)28-12-9-10(22)24-6-25-11(9)27(26-12)13(2-3-13)15(19,20)21/h1,4-6H,2-3H2,(H2,22,24,25). The van der Waals surface area contributed by atoms with E-state index >= 15 is 0 Å². The summed E-state index contributed by atoms with van der Waals surface area (Å²) in [6, 6.07) is 1.32. The van der Waals surface area contributed by atoms with Gasteiger partial charge in [-0.1, -0.05) is 0 Å². The molecule has 0 amide bonds. The highest BCUT2D eigenvalue weighted by Crippen LogP contribution is 2.56. The van der Waals surface area contributed by atoms with Crippen molar-refractivity contribution >= 4 is 16.9 Å². The molecular weight excluding hydrogens is 394 g/mol. The number of pyridine rings is 1. The Balaban J connectivity index is 1.83. The third-order valence-electron chi connectivity index (χ3n) is 4.38. The van der Waals surface area contributed by atoms with E-state index in [1.54, 1.807) is 0 Å². The molecule has 28 heavy (non-hydrogen) atoms. The van der Waals surface area contributed by atoms with Gasteiger partial charge in [0.15, 0.2) is 11.2 Å². The number of fused-ring (bicyclic) bond motifs is 1. The first-order valence-corrected chi connectivity index (χ1v) is 7.80. The van der Waals surface area contributed by atoms with Crippen molar-refractivity contribution in [2.75, 3.05) is 5.73 Å². The van der Waals surface area contributed by atoms with Crippen LogP contribution in [0.4, 0.5) is 32.2 Å². The van der Waals surface area contributed by atoms with Crippen LogP contribution in [0.15, 0.2) is 24.7 Å². The van der Waals surface area contributed by atoms with Gasteiger partial charge >= 0.3 is 12.4 Å². The summed E-state index contributed by atoms with van der Waals surface area (Å²) in [5, 5.41) is 3.67. The molecule has 1 aliphatic rings. The van der Waals surface area contributed by atoms with Crippen molar-refractivity contribution in [2.24, 2.45) is 0 Å². The maximum absolute atomic E-state index is 13.5. The molecule has 13 heteroatoms. The highest BCUT2D eigenvalue weighted by Gasteiger charge is 2.66. The minimum atomic E-state index is -4.65. The van der Waals surface area contributed by atoms with Gasteiger partial charge in [0.2, 0.25) is 5.88 Å². The van der Waals surface area contributed by atoms with Gasteiger partial charge in [-0.05, 0) is 18.9 Å². The molecule has 1 saturated carbocycles. The predicted octanol–water partition coefficient (Wildman–Crippen LogP) is 3.67. The van der Waals surface area contributed by atoms with Crippen LogP contribution in [-0.2, 0) is 11.7 Å². The van der Waals surface area contributed by atoms with Crippen LogP contribution in [0, 0.1) is 0 Å². The summed E-state index contributed by atoms with van der Waals surface area (Å²) in [5.74, 6) is -1.20. The Labute approximate surface area is 152 Å². The summed E-state index contributed by atoms with van der Waals surface area (Å²) in [6.07, 6.45) is -7.89. The van der Waals surface area contributed by atoms with Crippen molar-refractivity contribution in [3.63, 3.8) is 0 Å². The molecule has 0 aliphatic heterocycles. The van der Waals surface area contributed by atoms with Crippen LogP contribution in [0.5, 0.6) is 11.8 Å². The number of halogens is 6. The van der Waals surface area contributed by atoms with Crippen LogP contribution >= 0.6 is 0 Å². The van der Waals surface area contributed by atoms with Gasteiger partial charge in [0.25, 0.3) is 5.88 Å². The van der Waals surface area contributed by atoms with Gasteiger partial charge in [-0.25, -0.2) is 19.6 Å². The van der Waals surface area contributed by atoms with Gasteiger partial charge in [0.05, 0.1) is 5.56 Å². The zero-order valence-corrected chi connectivity index (χ0v) is 13.7. The Hall–Kier alpha value is -3.12. The lowest BCUT2D eigenvalue weighted by Gasteiger charge is -2.19. The van der Waals surface area contributed by atoms with Crippen molar-refractivity contribution in [3.05, 3.63) is 30.2 Å². The van der Waals surface area contributed by atoms with Crippen molar-refractivity contribution in [1.82, 2.24) is 24.7 Å². The fourth-order valence-electron chi connectivity index (χ4n) is 2.79. The molecule has 0 bridgehead atoms. The Morgan fingerprint density at radius 1 is 1.07 bits per heavy atom. The molecule has 0 unspecified atom stereocenters. The van der Waals surface area contributed by atoms with Crippen LogP contribution in [0.25, 0.3) is 11.0 Å². The maximum Gasteiger partial charge on any atom is 0.416 e. The number of anilines is 1. The molecule has 7 nitrogen and oxygen atoms in total. The minimum absolute atomic E-state index is 0.141. The third-order valence-corrected chi connectivity index (χ3v) is 4.38. The third kappa shape index (κ3) is 2.77. The maximum atomic E-state index is 13.5. The summed E-state index contributed by atoms with van der Waals surface area (Å²) < 4.78 is 85.0. The number of alkyl halides is 6. The van der Waals surface area contributed by atoms with Crippen molar-refractivity contribution < 1.29 is 31.1 Å². The van der Waals surface area contributed by atoms with E-state index in [4.69, 9.17) is 10.5 Å². The van der Waals surface area contributed by atoms with Crippen molar-refractivity contribution in [2.45, 2.75) is 30.7 Å². The number of nitrogens with two attached hydrogens (primary N) is 1. The highest BCUT2D eigenvalue weighted by molar-refractivity contribution is 5.91. The van der Waals surface area contributed by atoms with Crippen LogP contribution < -0.4 is 10.5 Å². The van der Waals surface area contributed by atoms with E-state index < -0.39 is 35.2 Å². The van der Waals surface area contributed by atoms with Crippen LogP contribution in [-0.4, -0.2) is 30.9 Å². The summed E-state index contributed by atoms with van der Waals surface area (Å²) in [7, 11) is 0. The van der Waals surface area contributed by atoms with Gasteiger partial charge in [0, 0.05) is 12.3 Å². The normalized spacial score (nSPS) is 16.4. The molecule has 0 radical (unpaired) electrons. The lowest BCUT2D eigenvalue weighted by molar-refractivity contribution is -0.181. The molecule has 0 atom stereocenters. The lowest BCUT2D eigenvalue weighted by atomic mass is 10.2. The summed E-state index contributed by atoms with van der Waals surface area (Å²) in [5.41, 5.74) is 2.19. The van der Waals surface area contributed by atoms with E-state index in [2.05, 4.69) is 20.1 Å². The first-order chi connectivity index (χ1) is 13.0. The Kier molecular flexibility index (Phi) is 3.71. The number of nitrogen functional groups attached to an aromatic ring is 1. The Morgan fingerprint density at radius 2 is 1.79 bits per heavy atom. The number of aromatic nitrogens is 5. The minimum Gasteiger partial charge on any atom is -0.418 e. The topological polar surface area (TPSA) is 91.7 Å². The van der Waals surface area contributed by atoms with Crippen LogP contribution in [0.1, 0.15) is 18.4 Å². The second-order valence-electron chi connectivity index (χ2n) is 6.19. The van der Waals surface area contributed by atoms with Gasteiger partial charge in [-0.15, -0.1) is 5.10 Å². The fourth-order valence-corrected chi connectivity index (χ4v) is 2.79. The predicted molar refractivity (Wildman–Crippen MR) is 82.3 cm³/mol. The van der Waals surface area contributed by atoms with Crippen LogP contribution in [0.3, 0.4) is 0 Å². The number of hydrogen-bond acceptors (Lipinski definition) is 6. The molecule has 0 aromatic carbocycles. The molecule has 3 heterocycles. The van der Waals surface area contributed by atoms with E-state index in [9.17, 15) is 26.3 Å². The monoisotopic (exact) mass is 404 g/mol. The number of hydrogen-bond donors (Lipinski definition) is 1. The number of ether oxygens (including phenoxy) is 1. The quantitative estimate of drug-likeness (QED) is 0.670. The molecular formula is C15H10F6N6O. The first-order valence-electron chi connectivity index (χ1n) is 7.80. The van der Waals surface area contributed by atoms with E-state index in [-0.39, 0.29) is 29.7 Å². The largest absolute Gasteiger partial charge is 0.418 e. The fraction of sp³-hybridized carbons (Fsp3) is 0.333. The zero-order chi connectivity index (χ0) is 20.3. The molecule has 1 fully saturated rings. The molecule has 1 aliphatic carbocycles. The molecule has 2 N–H and O–H groups in total. The van der Waals surface area contributed by atoms with Gasteiger partial charge in [-0.3, -0.25) is 0 Å². The summed E-state index contributed by atoms with van der Waals surface area (Å²) >= 11 is 0. The van der Waals surface area contributed by atoms with Gasteiger partial charge in [0.1, 0.15) is 17.5 Å². The number of nitrogens with zero attached hydrogens (tertiary/aromatic N) is 5. The second-order valence-corrected chi connectivity index (χ2v) is 6.19. The van der Waals surface area contributed by atoms with E-state index in [1.165, 1.54) is 0 Å². The first kappa shape index (κ1) is 18.3. The second kappa shape index (κ2) is 5.69. The van der Waals surface area contributed by atoms with E-state index in [1.807, 2.05) is 0 Å². The van der Waals surface area contributed by atoms with Gasteiger partial charge < -0.3 is 10.5 Å². The van der Waals surface area contributed by atoms with E-state index in [0.29, 0.717) is 10.7 Å². The smallest absolute Gasteiger partial charge is 0.416 e. The average Bonchev–Trinajstić information content (AvgIpc) is 3.33. The molecule has 0 saturated heterocycles.